The van der Waals surface area contributed by atoms with E-state index in [-0.39, 0.29) is 12.1 Å². The van der Waals surface area contributed by atoms with Gasteiger partial charge in [0.25, 0.3) is 0 Å². The van der Waals surface area contributed by atoms with Gasteiger partial charge in [-0.1, -0.05) is 12.1 Å². The maximum atomic E-state index is 12.0. The Bertz CT molecular complexity index is 490. The van der Waals surface area contributed by atoms with Crippen molar-refractivity contribution in [3.63, 3.8) is 0 Å². The Balaban J connectivity index is 1.79. The molecule has 0 aromatic heterocycles. The van der Waals surface area contributed by atoms with Gasteiger partial charge in [-0.3, -0.25) is 0 Å². The van der Waals surface area contributed by atoms with Crippen LogP contribution in [0.5, 0.6) is 5.75 Å². The number of nitrogens with zero attached hydrogens (tertiary/aromatic N) is 1. The molecule has 2 N–H and O–H groups in total. The first-order valence-corrected chi connectivity index (χ1v) is 7.44. The van der Waals surface area contributed by atoms with E-state index in [1.165, 1.54) is 0 Å². The van der Waals surface area contributed by atoms with Gasteiger partial charge in [-0.15, -0.1) is 0 Å². The minimum absolute atomic E-state index is 0.0900. The van der Waals surface area contributed by atoms with E-state index >= 15 is 0 Å². The van der Waals surface area contributed by atoms with Crippen LogP contribution in [0.3, 0.4) is 0 Å². The van der Waals surface area contributed by atoms with E-state index in [0.717, 1.165) is 42.7 Å². The first kappa shape index (κ1) is 15.6. The fourth-order valence-electron chi connectivity index (χ4n) is 2.58. The summed E-state index contributed by atoms with van der Waals surface area (Å²) >= 11 is 0. The summed E-state index contributed by atoms with van der Waals surface area (Å²) < 4.78 is 5.30. The molecule has 0 bridgehead atoms. The number of aliphatic hydroxyl groups is 1. The molecule has 1 saturated heterocycles. The molecule has 116 valence electrons. The van der Waals surface area contributed by atoms with Crippen LogP contribution in [0.1, 0.15) is 24.0 Å². The average molecular weight is 292 g/mol. The van der Waals surface area contributed by atoms with Crippen molar-refractivity contribution in [2.75, 3.05) is 26.7 Å². The molecule has 1 aliphatic heterocycles. The molecule has 1 fully saturated rings. The van der Waals surface area contributed by atoms with Crippen molar-refractivity contribution < 1.29 is 14.6 Å². The largest absolute Gasteiger partial charge is 0.496 e. The molecule has 1 unspecified atom stereocenters. The summed E-state index contributed by atoms with van der Waals surface area (Å²) in [5.41, 5.74) is 2.24. The van der Waals surface area contributed by atoms with Gasteiger partial charge in [-0.05, 0) is 43.4 Å². The van der Waals surface area contributed by atoms with Gasteiger partial charge in [0.15, 0.2) is 0 Å². The first-order chi connectivity index (χ1) is 10.1. The van der Waals surface area contributed by atoms with Crippen molar-refractivity contribution >= 4 is 6.03 Å². The molecule has 0 spiro atoms. The highest BCUT2D eigenvalue weighted by Gasteiger charge is 2.21. The molecule has 1 aliphatic rings. The SMILES string of the molecule is COc1cc(CCNC(=O)N2CCCC(O)C2)ccc1C. The third kappa shape index (κ3) is 4.36. The maximum absolute atomic E-state index is 12.0. The monoisotopic (exact) mass is 292 g/mol. The number of rotatable bonds is 4. The molecule has 2 rings (SSSR count). The fourth-order valence-corrected chi connectivity index (χ4v) is 2.58. The highest BCUT2D eigenvalue weighted by atomic mass is 16.5. The summed E-state index contributed by atoms with van der Waals surface area (Å²) in [7, 11) is 1.66. The number of nitrogens with one attached hydrogen (secondary N) is 1. The summed E-state index contributed by atoms with van der Waals surface area (Å²) in [5.74, 6) is 0.873. The fraction of sp³-hybridized carbons (Fsp3) is 0.562. The Morgan fingerprint density at radius 3 is 3.05 bits per heavy atom. The zero-order valence-corrected chi connectivity index (χ0v) is 12.8. The lowest BCUT2D eigenvalue weighted by atomic mass is 10.1. The lowest BCUT2D eigenvalue weighted by Gasteiger charge is -2.30. The van der Waals surface area contributed by atoms with E-state index in [0.29, 0.717) is 13.1 Å². The van der Waals surface area contributed by atoms with Crippen LogP contribution < -0.4 is 10.1 Å². The van der Waals surface area contributed by atoms with E-state index in [4.69, 9.17) is 4.74 Å². The predicted molar refractivity (Wildman–Crippen MR) is 81.6 cm³/mol. The highest BCUT2D eigenvalue weighted by Crippen LogP contribution is 2.19. The number of methoxy groups -OCH3 is 1. The Morgan fingerprint density at radius 2 is 2.33 bits per heavy atom. The number of likely N-dealkylation sites (tertiary alicyclic amines) is 1. The van der Waals surface area contributed by atoms with Crippen LogP contribution in [-0.2, 0) is 6.42 Å². The van der Waals surface area contributed by atoms with Crippen molar-refractivity contribution in [1.29, 1.82) is 0 Å². The summed E-state index contributed by atoms with van der Waals surface area (Å²) in [6.45, 7) is 3.75. The minimum atomic E-state index is -0.383. The van der Waals surface area contributed by atoms with Gasteiger partial charge >= 0.3 is 6.03 Å². The van der Waals surface area contributed by atoms with Gasteiger partial charge in [0, 0.05) is 19.6 Å². The topological polar surface area (TPSA) is 61.8 Å². The molecular formula is C16H24N2O3. The Hall–Kier alpha value is -1.75. The zero-order valence-electron chi connectivity index (χ0n) is 12.8. The second-order valence-electron chi connectivity index (χ2n) is 5.53. The standard InChI is InChI=1S/C16H24N2O3/c1-12-5-6-13(10-15(12)21-2)7-8-17-16(20)18-9-3-4-14(19)11-18/h5-6,10,14,19H,3-4,7-9,11H2,1-2H3,(H,17,20). The number of aryl methyl sites for hydroxylation is 1. The Morgan fingerprint density at radius 1 is 1.52 bits per heavy atom. The van der Waals surface area contributed by atoms with Crippen LogP contribution in [0.4, 0.5) is 4.79 Å². The van der Waals surface area contributed by atoms with Gasteiger partial charge in [-0.2, -0.15) is 0 Å². The molecule has 1 aromatic rings. The number of amides is 2. The van der Waals surface area contributed by atoms with Gasteiger partial charge < -0.3 is 20.1 Å². The number of aliphatic hydroxyl groups excluding tert-OH is 1. The van der Waals surface area contributed by atoms with Crippen LogP contribution in [0.2, 0.25) is 0 Å². The third-order valence-corrected chi connectivity index (χ3v) is 3.85. The lowest BCUT2D eigenvalue weighted by molar-refractivity contribution is 0.0843. The summed E-state index contributed by atoms with van der Waals surface area (Å²) in [6.07, 6.45) is 2.03. The molecule has 1 heterocycles. The normalized spacial score (nSPS) is 18.4. The van der Waals surface area contributed by atoms with Crippen molar-refractivity contribution in [3.05, 3.63) is 29.3 Å². The molecule has 0 aliphatic carbocycles. The van der Waals surface area contributed by atoms with E-state index in [9.17, 15) is 9.90 Å². The van der Waals surface area contributed by atoms with Gasteiger partial charge in [0.05, 0.1) is 13.2 Å². The molecule has 1 aromatic carbocycles. The minimum Gasteiger partial charge on any atom is -0.496 e. The number of ether oxygens (including phenoxy) is 1. The summed E-state index contributed by atoms with van der Waals surface area (Å²) in [5, 5.41) is 12.5. The van der Waals surface area contributed by atoms with Crippen LogP contribution in [0.15, 0.2) is 18.2 Å². The van der Waals surface area contributed by atoms with E-state index < -0.39 is 0 Å². The molecule has 5 heteroatoms. The second-order valence-corrected chi connectivity index (χ2v) is 5.53. The van der Waals surface area contributed by atoms with Crippen LogP contribution in [0, 0.1) is 6.92 Å². The maximum Gasteiger partial charge on any atom is 0.317 e. The van der Waals surface area contributed by atoms with E-state index in [1.54, 1.807) is 12.0 Å². The third-order valence-electron chi connectivity index (χ3n) is 3.85. The van der Waals surface area contributed by atoms with Crippen molar-refractivity contribution in [1.82, 2.24) is 10.2 Å². The summed E-state index contributed by atoms with van der Waals surface area (Å²) in [6, 6.07) is 5.99. The van der Waals surface area contributed by atoms with Crippen molar-refractivity contribution in [2.24, 2.45) is 0 Å². The highest BCUT2D eigenvalue weighted by molar-refractivity contribution is 5.74. The van der Waals surface area contributed by atoms with Crippen LogP contribution >= 0.6 is 0 Å². The van der Waals surface area contributed by atoms with Gasteiger partial charge in [0.1, 0.15) is 5.75 Å². The summed E-state index contributed by atoms with van der Waals surface area (Å²) in [4.78, 5) is 13.7. The first-order valence-electron chi connectivity index (χ1n) is 7.44. The number of hydrogen-bond acceptors (Lipinski definition) is 3. The molecule has 5 nitrogen and oxygen atoms in total. The number of hydrogen-bond donors (Lipinski definition) is 2. The van der Waals surface area contributed by atoms with Gasteiger partial charge in [0.2, 0.25) is 0 Å². The quantitative estimate of drug-likeness (QED) is 0.888. The lowest BCUT2D eigenvalue weighted by Crippen LogP contribution is -2.47. The predicted octanol–water partition coefficient (Wildman–Crippen LogP) is 1.71. The molecule has 2 amide bonds. The van der Waals surface area contributed by atoms with Gasteiger partial charge in [-0.25, -0.2) is 4.79 Å². The number of β-amino-alcohol motifs (C(OH)–C–C–N with tert-alkyl or cyclic N) is 1. The number of carbonyl (C=O) groups excluding carboxylic acids is 1. The van der Waals surface area contributed by atoms with Crippen LogP contribution in [-0.4, -0.2) is 48.9 Å². The van der Waals surface area contributed by atoms with E-state index in [1.807, 2.05) is 19.1 Å². The smallest absolute Gasteiger partial charge is 0.317 e. The van der Waals surface area contributed by atoms with Crippen molar-refractivity contribution in [2.45, 2.75) is 32.3 Å². The van der Waals surface area contributed by atoms with Crippen LogP contribution in [0.25, 0.3) is 0 Å². The molecular weight excluding hydrogens is 268 g/mol. The molecule has 1 atom stereocenters. The Labute approximate surface area is 125 Å². The number of carbonyl (C=O) groups is 1. The Kier molecular flexibility index (Phi) is 5.44. The number of benzene rings is 1. The zero-order chi connectivity index (χ0) is 15.2. The van der Waals surface area contributed by atoms with E-state index in [2.05, 4.69) is 11.4 Å². The number of urea groups is 1. The molecule has 21 heavy (non-hydrogen) atoms. The molecule has 0 radical (unpaired) electrons. The number of piperidine rings is 1. The molecule has 0 saturated carbocycles. The average Bonchev–Trinajstić information content (AvgIpc) is 2.48. The van der Waals surface area contributed by atoms with Crippen molar-refractivity contribution in [3.8, 4) is 5.75 Å². The second kappa shape index (κ2) is 7.31.